The Labute approximate surface area is 94.8 Å². The molecule has 0 saturated heterocycles. The normalized spacial score (nSPS) is 23.9. The molecule has 1 aromatic rings. The van der Waals surface area contributed by atoms with Gasteiger partial charge >= 0.3 is 0 Å². The van der Waals surface area contributed by atoms with E-state index in [0.717, 1.165) is 25.2 Å². The van der Waals surface area contributed by atoms with Crippen LogP contribution in [0.25, 0.3) is 0 Å². The summed E-state index contributed by atoms with van der Waals surface area (Å²) in [6.07, 6.45) is 4.88. The van der Waals surface area contributed by atoms with E-state index in [2.05, 4.69) is 9.97 Å². The molecule has 0 unspecified atom stereocenters. The van der Waals surface area contributed by atoms with Crippen LogP contribution in [0, 0.1) is 5.92 Å². The topological polar surface area (TPSA) is 69.5 Å². The second-order valence-electron chi connectivity index (χ2n) is 4.40. The first kappa shape index (κ1) is 11.3. The van der Waals surface area contributed by atoms with Gasteiger partial charge in [-0.15, -0.1) is 0 Å². The largest absolute Gasteiger partial charge is 0.393 e. The maximum absolute atomic E-state index is 9.20. The Morgan fingerprint density at radius 3 is 2.81 bits per heavy atom. The highest BCUT2D eigenvalue weighted by molar-refractivity contribution is 5.35. The highest BCUT2D eigenvalue weighted by Crippen LogP contribution is 2.28. The zero-order valence-electron chi connectivity index (χ0n) is 9.37. The highest BCUT2D eigenvalue weighted by Gasteiger charge is 2.28. The molecule has 1 fully saturated rings. The van der Waals surface area contributed by atoms with Crippen LogP contribution in [0.3, 0.4) is 0 Å². The van der Waals surface area contributed by atoms with Crippen LogP contribution in [-0.4, -0.2) is 39.9 Å². The van der Waals surface area contributed by atoms with Gasteiger partial charge in [0.05, 0.1) is 30.8 Å². The predicted octanol–water partition coefficient (Wildman–Crippen LogP) is 0.176. The summed E-state index contributed by atoms with van der Waals surface area (Å²) in [5.74, 6) is 1.31. The van der Waals surface area contributed by atoms with Crippen LogP contribution in [-0.2, 0) is 6.61 Å². The van der Waals surface area contributed by atoms with Crippen molar-refractivity contribution in [2.45, 2.75) is 25.6 Å². The van der Waals surface area contributed by atoms with E-state index in [9.17, 15) is 5.11 Å². The van der Waals surface area contributed by atoms with Gasteiger partial charge in [-0.1, -0.05) is 0 Å². The van der Waals surface area contributed by atoms with Gasteiger partial charge in [0, 0.05) is 13.6 Å². The molecule has 1 aliphatic carbocycles. The van der Waals surface area contributed by atoms with Gasteiger partial charge < -0.3 is 15.1 Å². The summed E-state index contributed by atoms with van der Waals surface area (Å²) >= 11 is 0. The molecule has 5 nitrogen and oxygen atoms in total. The first-order valence-corrected chi connectivity index (χ1v) is 5.50. The molecule has 0 aliphatic heterocycles. The lowest BCUT2D eigenvalue weighted by Crippen LogP contribution is -2.37. The summed E-state index contributed by atoms with van der Waals surface area (Å²) in [5.41, 5.74) is 0.581. The maximum atomic E-state index is 9.20. The molecule has 0 amide bonds. The number of nitrogens with zero attached hydrogens (tertiary/aromatic N) is 3. The minimum Gasteiger partial charge on any atom is -0.393 e. The van der Waals surface area contributed by atoms with Gasteiger partial charge in [0.15, 0.2) is 0 Å². The highest BCUT2D eigenvalue weighted by atomic mass is 16.3. The lowest BCUT2D eigenvalue weighted by molar-refractivity contribution is 0.0464. The fourth-order valence-electron chi connectivity index (χ4n) is 1.99. The molecule has 0 aromatic carbocycles. The molecule has 0 spiro atoms. The Morgan fingerprint density at radius 1 is 1.44 bits per heavy atom. The first-order valence-electron chi connectivity index (χ1n) is 5.50. The number of anilines is 1. The van der Waals surface area contributed by atoms with Crippen molar-refractivity contribution in [2.75, 3.05) is 18.5 Å². The van der Waals surface area contributed by atoms with Crippen molar-refractivity contribution in [3.8, 4) is 0 Å². The number of hydrogen-bond acceptors (Lipinski definition) is 5. The van der Waals surface area contributed by atoms with E-state index in [0.29, 0.717) is 11.6 Å². The van der Waals surface area contributed by atoms with Gasteiger partial charge in [0.25, 0.3) is 0 Å². The van der Waals surface area contributed by atoms with Crippen LogP contribution in [0.5, 0.6) is 0 Å². The van der Waals surface area contributed by atoms with E-state index in [1.807, 2.05) is 11.9 Å². The SMILES string of the molecule is CN(CC1CC(O)C1)c1cncc(CO)n1. The fourth-order valence-corrected chi connectivity index (χ4v) is 1.99. The molecule has 1 saturated carbocycles. The van der Waals surface area contributed by atoms with Crippen LogP contribution in [0.1, 0.15) is 18.5 Å². The number of hydrogen-bond donors (Lipinski definition) is 2. The van der Waals surface area contributed by atoms with E-state index in [-0.39, 0.29) is 12.7 Å². The van der Waals surface area contributed by atoms with Crippen molar-refractivity contribution in [2.24, 2.45) is 5.92 Å². The van der Waals surface area contributed by atoms with E-state index in [4.69, 9.17) is 5.11 Å². The van der Waals surface area contributed by atoms with Crippen LogP contribution in [0.2, 0.25) is 0 Å². The predicted molar refractivity (Wildman–Crippen MR) is 60.0 cm³/mol. The van der Waals surface area contributed by atoms with Crippen molar-refractivity contribution >= 4 is 5.82 Å². The van der Waals surface area contributed by atoms with Crippen LogP contribution >= 0.6 is 0 Å². The molecule has 1 aromatic heterocycles. The zero-order valence-corrected chi connectivity index (χ0v) is 9.37. The van der Waals surface area contributed by atoms with E-state index in [1.54, 1.807) is 12.4 Å². The number of aromatic nitrogens is 2. The van der Waals surface area contributed by atoms with Crippen molar-refractivity contribution in [3.63, 3.8) is 0 Å². The van der Waals surface area contributed by atoms with Gasteiger partial charge in [-0.05, 0) is 18.8 Å². The standard InChI is InChI=1S/C11H17N3O2/c1-14(6-8-2-10(16)3-8)11-5-12-4-9(7-15)13-11/h4-5,8,10,15-16H,2-3,6-7H2,1H3. The van der Waals surface area contributed by atoms with Crippen molar-refractivity contribution in [1.82, 2.24) is 9.97 Å². The van der Waals surface area contributed by atoms with E-state index >= 15 is 0 Å². The number of aliphatic hydroxyl groups excluding tert-OH is 2. The minimum atomic E-state index is -0.117. The van der Waals surface area contributed by atoms with Crippen molar-refractivity contribution in [1.29, 1.82) is 0 Å². The molecule has 2 N–H and O–H groups in total. The summed E-state index contributed by atoms with van der Waals surface area (Å²) in [6.45, 7) is 0.789. The summed E-state index contributed by atoms with van der Waals surface area (Å²) in [7, 11) is 1.95. The molecule has 1 heterocycles. The lowest BCUT2D eigenvalue weighted by Gasteiger charge is -2.34. The summed E-state index contributed by atoms with van der Waals surface area (Å²) in [5, 5.41) is 18.2. The molecule has 0 atom stereocenters. The monoisotopic (exact) mass is 223 g/mol. The Morgan fingerprint density at radius 2 is 2.19 bits per heavy atom. The van der Waals surface area contributed by atoms with Crippen molar-refractivity contribution < 1.29 is 10.2 Å². The lowest BCUT2D eigenvalue weighted by atomic mass is 9.82. The average molecular weight is 223 g/mol. The molecule has 0 radical (unpaired) electrons. The fraction of sp³-hybridized carbons (Fsp3) is 0.636. The van der Waals surface area contributed by atoms with E-state index < -0.39 is 0 Å². The third kappa shape index (κ3) is 2.48. The molecule has 16 heavy (non-hydrogen) atoms. The summed E-state index contributed by atoms with van der Waals surface area (Å²) < 4.78 is 0. The van der Waals surface area contributed by atoms with Crippen LogP contribution in [0.4, 0.5) is 5.82 Å². The Balaban J connectivity index is 1.94. The van der Waals surface area contributed by atoms with Gasteiger partial charge in [0.2, 0.25) is 0 Å². The molecule has 1 aliphatic rings. The first-order chi connectivity index (χ1) is 7.69. The Bertz CT molecular complexity index is 353. The summed E-state index contributed by atoms with van der Waals surface area (Å²) in [4.78, 5) is 10.3. The molecule has 2 rings (SSSR count). The smallest absolute Gasteiger partial charge is 0.147 e. The third-order valence-corrected chi connectivity index (χ3v) is 2.97. The number of aliphatic hydroxyl groups is 2. The molecule has 88 valence electrons. The second kappa shape index (κ2) is 4.76. The van der Waals surface area contributed by atoms with Crippen LogP contribution in [0.15, 0.2) is 12.4 Å². The summed E-state index contributed by atoms with van der Waals surface area (Å²) in [6, 6.07) is 0. The molecule has 5 heteroatoms. The van der Waals surface area contributed by atoms with Gasteiger partial charge in [0.1, 0.15) is 5.82 Å². The number of rotatable bonds is 4. The quantitative estimate of drug-likeness (QED) is 0.762. The molecular formula is C11H17N3O2. The third-order valence-electron chi connectivity index (χ3n) is 2.97. The van der Waals surface area contributed by atoms with Gasteiger partial charge in [-0.25, -0.2) is 4.98 Å². The van der Waals surface area contributed by atoms with E-state index in [1.165, 1.54) is 0 Å². The molecule has 0 bridgehead atoms. The van der Waals surface area contributed by atoms with Crippen LogP contribution < -0.4 is 4.90 Å². The average Bonchev–Trinajstić information content (AvgIpc) is 2.27. The van der Waals surface area contributed by atoms with Crippen molar-refractivity contribution in [3.05, 3.63) is 18.1 Å². The second-order valence-corrected chi connectivity index (χ2v) is 4.40. The Kier molecular flexibility index (Phi) is 3.36. The van der Waals surface area contributed by atoms with Gasteiger partial charge in [-0.2, -0.15) is 0 Å². The molecular weight excluding hydrogens is 206 g/mol. The minimum absolute atomic E-state index is 0.0865. The Hall–Kier alpha value is -1.20. The zero-order chi connectivity index (χ0) is 11.5. The maximum Gasteiger partial charge on any atom is 0.147 e. The van der Waals surface area contributed by atoms with Gasteiger partial charge in [-0.3, -0.25) is 4.98 Å².